The normalized spacial score (nSPS) is 17.7. The van der Waals surface area contributed by atoms with Crippen LogP contribution in [0.5, 0.6) is 5.75 Å². The van der Waals surface area contributed by atoms with E-state index in [1.54, 1.807) is 7.11 Å². The maximum absolute atomic E-state index is 11.8. The molecule has 0 aliphatic carbocycles. The first kappa shape index (κ1) is 18.2. The number of methoxy groups -OCH3 is 1. The van der Waals surface area contributed by atoms with E-state index in [0.717, 1.165) is 28.9 Å². The molecule has 1 aromatic rings. The quantitative estimate of drug-likeness (QED) is 0.820. The van der Waals surface area contributed by atoms with Gasteiger partial charge >= 0.3 is 0 Å². The summed E-state index contributed by atoms with van der Waals surface area (Å²) in [5.74, 6) is 0.809. The van der Waals surface area contributed by atoms with Crippen LogP contribution >= 0.6 is 28.3 Å². The number of amides is 1. The van der Waals surface area contributed by atoms with Crippen LogP contribution in [0.2, 0.25) is 0 Å². The Labute approximate surface area is 139 Å². The summed E-state index contributed by atoms with van der Waals surface area (Å²) >= 11 is 3.43. The number of carbonyl (C=O) groups excluding carboxylic acids is 1. The monoisotopic (exact) mass is 378 g/mol. The van der Waals surface area contributed by atoms with Crippen LogP contribution in [0.3, 0.4) is 0 Å². The summed E-state index contributed by atoms with van der Waals surface area (Å²) in [7, 11) is 1.63. The number of halogens is 2. The molecule has 0 radical (unpaired) electrons. The molecule has 1 saturated heterocycles. The molecule has 1 aromatic carbocycles. The number of ether oxygens (including phenoxy) is 2. The zero-order valence-electron chi connectivity index (χ0n) is 11.9. The summed E-state index contributed by atoms with van der Waals surface area (Å²) < 4.78 is 11.4. The van der Waals surface area contributed by atoms with Gasteiger partial charge in [0.25, 0.3) is 0 Å². The zero-order chi connectivity index (χ0) is 14.4. The minimum atomic E-state index is 0. The van der Waals surface area contributed by atoms with Crippen LogP contribution in [0.1, 0.15) is 12.0 Å². The van der Waals surface area contributed by atoms with Gasteiger partial charge in [0.05, 0.1) is 24.8 Å². The van der Waals surface area contributed by atoms with E-state index in [0.29, 0.717) is 19.6 Å². The second kappa shape index (κ2) is 9.25. The van der Waals surface area contributed by atoms with E-state index >= 15 is 0 Å². The molecule has 1 unspecified atom stereocenters. The van der Waals surface area contributed by atoms with Gasteiger partial charge < -0.3 is 20.1 Å². The summed E-state index contributed by atoms with van der Waals surface area (Å²) in [6, 6.07) is 5.88. The Morgan fingerprint density at radius 2 is 2.38 bits per heavy atom. The summed E-state index contributed by atoms with van der Waals surface area (Å²) in [6.45, 7) is 2.64. The third-order valence-corrected chi connectivity index (χ3v) is 3.76. The van der Waals surface area contributed by atoms with Crippen LogP contribution in [0.4, 0.5) is 0 Å². The van der Waals surface area contributed by atoms with E-state index in [1.165, 1.54) is 0 Å². The van der Waals surface area contributed by atoms with Crippen LogP contribution in [0, 0.1) is 0 Å². The van der Waals surface area contributed by atoms with E-state index in [4.69, 9.17) is 9.47 Å². The number of rotatable bonds is 5. The Hall–Kier alpha value is -0.820. The Morgan fingerprint density at radius 1 is 1.57 bits per heavy atom. The standard InChI is InChI=1S/C14H19BrN2O3.ClH/c1-19-13-3-2-10(6-12(13)15)8-17-14(18)7-11-9-20-5-4-16-11;/h2-3,6,11,16H,4-5,7-9H2,1H3,(H,17,18);1H. The van der Waals surface area contributed by atoms with Gasteiger partial charge in [-0.3, -0.25) is 4.79 Å². The fourth-order valence-electron chi connectivity index (χ4n) is 2.07. The Kier molecular flexibility index (Phi) is 8.03. The molecule has 0 aromatic heterocycles. The molecule has 21 heavy (non-hydrogen) atoms. The summed E-state index contributed by atoms with van der Waals surface area (Å²) in [5.41, 5.74) is 1.03. The number of morpholine rings is 1. The van der Waals surface area contributed by atoms with E-state index < -0.39 is 0 Å². The zero-order valence-corrected chi connectivity index (χ0v) is 14.3. The molecule has 7 heteroatoms. The highest BCUT2D eigenvalue weighted by atomic mass is 79.9. The first-order chi connectivity index (χ1) is 9.69. The van der Waals surface area contributed by atoms with Gasteiger partial charge in [-0.1, -0.05) is 6.07 Å². The molecule has 1 fully saturated rings. The van der Waals surface area contributed by atoms with Crippen molar-refractivity contribution in [2.45, 2.75) is 19.0 Å². The third-order valence-electron chi connectivity index (χ3n) is 3.14. The van der Waals surface area contributed by atoms with Gasteiger partial charge in [0.15, 0.2) is 0 Å². The van der Waals surface area contributed by atoms with Gasteiger partial charge in [0.2, 0.25) is 5.91 Å². The number of hydrogen-bond donors (Lipinski definition) is 2. The van der Waals surface area contributed by atoms with Crippen molar-refractivity contribution in [1.82, 2.24) is 10.6 Å². The molecular weight excluding hydrogens is 360 g/mol. The topological polar surface area (TPSA) is 59.6 Å². The average Bonchev–Trinajstić information content (AvgIpc) is 2.46. The molecular formula is C14H20BrClN2O3. The molecule has 1 atom stereocenters. The molecule has 0 bridgehead atoms. The van der Waals surface area contributed by atoms with Crippen LogP contribution in [0.25, 0.3) is 0 Å². The first-order valence-corrected chi connectivity index (χ1v) is 7.38. The van der Waals surface area contributed by atoms with E-state index in [1.807, 2.05) is 18.2 Å². The fraction of sp³-hybridized carbons (Fsp3) is 0.500. The van der Waals surface area contributed by atoms with Crippen molar-refractivity contribution in [2.24, 2.45) is 0 Å². The largest absolute Gasteiger partial charge is 0.496 e. The lowest BCUT2D eigenvalue weighted by Crippen LogP contribution is -2.44. The van der Waals surface area contributed by atoms with Gasteiger partial charge in [-0.25, -0.2) is 0 Å². The Bertz CT molecular complexity index is 468. The highest BCUT2D eigenvalue weighted by Crippen LogP contribution is 2.25. The first-order valence-electron chi connectivity index (χ1n) is 6.59. The molecule has 5 nitrogen and oxygen atoms in total. The molecule has 1 heterocycles. The Balaban J connectivity index is 0.00000220. The third kappa shape index (κ3) is 5.82. The van der Waals surface area contributed by atoms with Crippen LogP contribution in [-0.2, 0) is 16.1 Å². The van der Waals surface area contributed by atoms with E-state index in [2.05, 4.69) is 26.6 Å². The minimum Gasteiger partial charge on any atom is -0.496 e. The predicted molar refractivity (Wildman–Crippen MR) is 87.0 cm³/mol. The number of hydrogen-bond acceptors (Lipinski definition) is 4. The lowest BCUT2D eigenvalue weighted by molar-refractivity contribution is -0.122. The average molecular weight is 380 g/mol. The van der Waals surface area contributed by atoms with Crippen molar-refractivity contribution >= 4 is 34.2 Å². The van der Waals surface area contributed by atoms with E-state index in [9.17, 15) is 4.79 Å². The lowest BCUT2D eigenvalue weighted by Gasteiger charge is -2.23. The number of benzene rings is 1. The Morgan fingerprint density at radius 3 is 3.00 bits per heavy atom. The maximum Gasteiger partial charge on any atom is 0.221 e. The number of nitrogens with one attached hydrogen (secondary N) is 2. The predicted octanol–water partition coefficient (Wildman–Crippen LogP) is 1.87. The molecule has 118 valence electrons. The second-order valence-corrected chi connectivity index (χ2v) is 5.53. The van der Waals surface area contributed by atoms with Gasteiger partial charge in [-0.05, 0) is 33.6 Å². The summed E-state index contributed by atoms with van der Waals surface area (Å²) in [4.78, 5) is 11.8. The van der Waals surface area contributed by atoms with Crippen LogP contribution < -0.4 is 15.4 Å². The van der Waals surface area contributed by atoms with Gasteiger partial charge in [0, 0.05) is 25.6 Å². The van der Waals surface area contributed by atoms with Crippen molar-refractivity contribution in [3.05, 3.63) is 28.2 Å². The molecule has 2 N–H and O–H groups in total. The van der Waals surface area contributed by atoms with Crippen LogP contribution in [0.15, 0.2) is 22.7 Å². The van der Waals surface area contributed by atoms with Crippen molar-refractivity contribution < 1.29 is 14.3 Å². The van der Waals surface area contributed by atoms with Gasteiger partial charge in [-0.15, -0.1) is 12.4 Å². The molecule has 0 spiro atoms. The fourth-order valence-corrected chi connectivity index (χ4v) is 2.66. The van der Waals surface area contributed by atoms with Gasteiger partial charge in [-0.2, -0.15) is 0 Å². The SMILES string of the molecule is COc1ccc(CNC(=O)CC2COCCN2)cc1Br.Cl. The van der Waals surface area contributed by atoms with Gasteiger partial charge in [0.1, 0.15) is 5.75 Å². The smallest absolute Gasteiger partial charge is 0.221 e. The second-order valence-electron chi connectivity index (χ2n) is 4.68. The summed E-state index contributed by atoms with van der Waals surface area (Å²) in [5, 5.41) is 6.18. The highest BCUT2D eigenvalue weighted by Gasteiger charge is 2.16. The van der Waals surface area contributed by atoms with Crippen molar-refractivity contribution in [1.29, 1.82) is 0 Å². The molecule has 0 saturated carbocycles. The molecule has 1 aliphatic heterocycles. The van der Waals surface area contributed by atoms with Crippen LogP contribution in [-0.4, -0.2) is 38.8 Å². The van der Waals surface area contributed by atoms with Crippen molar-refractivity contribution in [2.75, 3.05) is 26.9 Å². The number of carbonyl (C=O) groups is 1. The van der Waals surface area contributed by atoms with E-state index in [-0.39, 0.29) is 24.4 Å². The van der Waals surface area contributed by atoms with Crippen molar-refractivity contribution in [3.63, 3.8) is 0 Å². The molecule has 2 rings (SSSR count). The molecule has 1 aliphatic rings. The molecule has 1 amide bonds. The maximum atomic E-state index is 11.8. The lowest BCUT2D eigenvalue weighted by atomic mass is 10.1. The van der Waals surface area contributed by atoms with Crippen molar-refractivity contribution in [3.8, 4) is 5.75 Å². The summed E-state index contributed by atoms with van der Waals surface area (Å²) in [6.07, 6.45) is 0.442. The highest BCUT2D eigenvalue weighted by molar-refractivity contribution is 9.10. The minimum absolute atomic E-state index is 0.